The number of likely N-dealkylation sites (N-methyl/N-ethyl adjacent to an activating group) is 1. The molecule has 180 valence electrons. The number of aliphatic carboxylic acids is 1. The molecule has 4 rings (SSSR count). The second kappa shape index (κ2) is 10.7. The molecule has 2 N–H and O–H groups in total. The number of carboxylic acids is 1. The molecule has 8 nitrogen and oxygen atoms in total. The van der Waals surface area contributed by atoms with E-state index in [2.05, 4.69) is 29.6 Å². The molecule has 1 atom stereocenters. The van der Waals surface area contributed by atoms with E-state index >= 15 is 0 Å². The van der Waals surface area contributed by atoms with Crippen molar-refractivity contribution in [1.29, 1.82) is 0 Å². The highest BCUT2D eigenvalue weighted by atomic mass is 16.5. The van der Waals surface area contributed by atoms with Crippen LogP contribution < -0.4 is 5.32 Å². The molecule has 1 aliphatic carbocycles. The maximum Gasteiger partial charge on any atom is 0.407 e. The minimum atomic E-state index is -0.910. The molecule has 0 saturated carbocycles. The summed E-state index contributed by atoms with van der Waals surface area (Å²) in [5.41, 5.74) is 4.71. The molecule has 1 fully saturated rings. The van der Waals surface area contributed by atoms with Crippen molar-refractivity contribution in [2.45, 2.75) is 31.2 Å². The minimum Gasteiger partial charge on any atom is -0.480 e. The van der Waals surface area contributed by atoms with Crippen LogP contribution in [0.3, 0.4) is 0 Å². The number of amides is 2. The van der Waals surface area contributed by atoms with Crippen LogP contribution in [0.15, 0.2) is 48.5 Å². The van der Waals surface area contributed by atoms with Gasteiger partial charge in [0.1, 0.15) is 12.6 Å². The van der Waals surface area contributed by atoms with E-state index in [1.54, 1.807) is 16.8 Å². The topological polar surface area (TPSA) is 99.2 Å². The first kappa shape index (κ1) is 23.8. The van der Waals surface area contributed by atoms with Crippen molar-refractivity contribution < 1.29 is 24.2 Å². The summed E-state index contributed by atoms with van der Waals surface area (Å²) in [6.45, 7) is 1.99. The Morgan fingerprint density at radius 1 is 1.00 bits per heavy atom. The van der Waals surface area contributed by atoms with Gasteiger partial charge in [-0.1, -0.05) is 48.5 Å². The lowest BCUT2D eigenvalue weighted by Crippen LogP contribution is -2.56. The van der Waals surface area contributed by atoms with Crippen molar-refractivity contribution in [3.05, 3.63) is 59.7 Å². The van der Waals surface area contributed by atoms with Gasteiger partial charge in [-0.05, 0) is 42.1 Å². The Balaban J connectivity index is 1.17. The summed E-state index contributed by atoms with van der Waals surface area (Å²) in [6.07, 6.45) is 1.14. The molecule has 2 aromatic carbocycles. The SMILES string of the molecule is CN1CCN(C(=O)CCCCNC(=O)OCC2c3ccccc3-c3ccccc32)CC1C(=O)O. The molecule has 0 bridgehead atoms. The first-order valence-electron chi connectivity index (χ1n) is 11.8. The number of carbonyl (C=O) groups excluding carboxylic acids is 2. The second-order valence-electron chi connectivity index (χ2n) is 8.88. The third kappa shape index (κ3) is 5.22. The fraction of sp³-hybridized carbons (Fsp3) is 0.423. The van der Waals surface area contributed by atoms with Gasteiger partial charge in [-0.3, -0.25) is 14.5 Å². The van der Waals surface area contributed by atoms with Crippen molar-refractivity contribution in [2.24, 2.45) is 0 Å². The lowest BCUT2D eigenvalue weighted by Gasteiger charge is -2.37. The van der Waals surface area contributed by atoms with Crippen molar-refractivity contribution in [2.75, 3.05) is 39.8 Å². The van der Waals surface area contributed by atoms with E-state index in [1.807, 2.05) is 24.3 Å². The number of nitrogens with zero attached hydrogens (tertiary/aromatic N) is 2. The van der Waals surface area contributed by atoms with Crippen LogP contribution >= 0.6 is 0 Å². The Bertz CT molecular complexity index is 1010. The molecule has 1 unspecified atom stereocenters. The fourth-order valence-corrected chi connectivity index (χ4v) is 4.77. The molecule has 1 aliphatic heterocycles. The summed E-state index contributed by atoms with van der Waals surface area (Å²) in [7, 11) is 1.76. The monoisotopic (exact) mass is 465 g/mol. The van der Waals surface area contributed by atoms with Gasteiger partial charge in [0, 0.05) is 38.5 Å². The van der Waals surface area contributed by atoms with Crippen molar-refractivity contribution in [3.63, 3.8) is 0 Å². The number of alkyl carbamates (subject to hydrolysis) is 1. The number of piperazine rings is 1. The number of carboxylic acid groups (broad SMARTS) is 1. The Labute approximate surface area is 199 Å². The lowest BCUT2D eigenvalue weighted by molar-refractivity contribution is -0.147. The molecular formula is C26H31N3O5. The predicted octanol–water partition coefficient (Wildman–Crippen LogP) is 2.92. The van der Waals surface area contributed by atoms with Crippen LogP contribution in [0.4, 0.5) is 4.79 Å². The third-order valence-electron chi connectivity index (χ3n) is 6.72. The van der Waals surface area contributed by atoms with Gasteiger partial charge in [0.05, 0.1) is 0 Å². The van der Waals surface area contributed by atoms with Gasteiger partial charge in [-0.2, -0.15) is 0 Å². The molecule has 8 heteroatoms. The molecule has 2 aliphatic rings. The number of nitrogens with one attached hydrogen (secondary N) is 1. The largest absolute Gasteiger partial charge is 0.480 e. The molecule has 34 heavy (non-hydrogen) atoms. The number of fused-ring (bicyclic) bond motifs is 3. The maximum absolute atomic E-state index is 12.4. The van der Waals surface area contributed by atoms with Gasteiger partial charge in [0.15, 0.2) is 0 Å². The average molecular weight is 466 g/mol. The van der Waals surface area contributed by atoms with Crippen LogP contribution in [0.5, 0.6) is 0 Å². The van der Waals surface area contributed by atoms with Crippen LogP contribution in [0, 0.1) is 0 Å². The summed E-state index contributed by atoms with van der Waals surface area (Å²) in [4.78, 5) is 39.4. The van der Waals surface area contributed by atoms with Crippen LogP contribution in [-0.4, -0.2) is 78.8 Å². The van der Waals surface area contributed by atoms with Crippen molar-refractivity contribution in [3.8, 4) is 11.1 Å². The van der Waals surface area contributed by atoms with Crippen LogP contribution in [0.1, 0.15) is 36.3 Å². The number of unbranched alkanes of at least 4 members (excludes halogenated alkanes) is 1. The highest BCUT2D eigenvalue weighted by Gasteiger charge is 2.32. The zero-order valence-corrected chi connectivity index (χ0v) is 19.4. The number of carbonyl (C=O) groups is 3. The normalized spacial score (nSPS) is 17.7. The van der Waals surface area contributed by atoms with E-state index < -0.39 is 18.1 Å². The van der Waals surface area contributed by atoms with Gasteiger partial charge in [0.2, 0.25) is 5.91 Å². The number of ether oxygens (including phenoxy) is 1. The van der Waals surface area contributed by atoms with E-state index in [0.29, 0.717) is 38.9 Å². The van der Waals surface area contributed by atoms with E-state index in [-0.39, 0.29) is 25.0 Å². The standard InChI is InChI=1S/C26H31N3O5/c1-28-14-15-29(16-23(28)25(31)32)24(30)12-6-7-13-27-26(33)34-17-22-20-10-4-2-8-18(20)19-9-3-5-11-21(19)22/h2-5,8-11,22-23H,6-7,12-17H2,1H3,(H,27,33)(H,31,32). The van der Waals surface area contributed by atoms with E-state index in [1.165, 1.54) is 22.3 Å². The number of hydrogen-bond donors (Lipinski definition) is 2. The zero-order chi connectivity index (χ0) is 24.1. The Morgan fingerprint density at radius 2 is 1.65 bits per heavy atom. The molecule has 0 aromatic heterocycles. The average Bonchev–Trinajstić information content (AvgIpc) is 3.16. The zero-order valence-electron chi connectivity index (χ0n) is 19.4. The summed E-state index contributed by atoms with van der Waals surface area (Å²) in [6, 6.07) is 15.7. The van der Waals surface area contributed by atoms with Gasteiger partial charge < -0.3 is 20.1 Å². The Hall–Kier alpha value is -3.39. The number of rotatable bonds is 8. The van der Waals surface area contributed by atoms with Gasteiger partial charge >= 0.3 is 12.1 Å². The van der Waals surface area contributed by atoms with E-state index in [9.17, 15) is 19.5 Å². The number of benzene rings is 2. The minimum absolute atomic E-state index is 0.0222. The predicted molar refractivity (Wildman–Crippen MR) is 128 cm³/mol. The molecule has 1 saturated heterocycles. The Kier molecular flexibility index (Phi) is 7.47. The quantitative estimate of drug-likeness (QED) is 0.582. The highest BCUT2D eigenvalue weighted by molar-refractivity contribution is 5.80. The summed E-state index contributed by atoms with van der Waals surface area (Å²) in [5.74, 6) is -0.929. The molecule has 2 aromatic rings. The summed E-state index contributed by atoms with van der Waals surface area (Å²) >= 11 is 0. The number of hydrogen-bond acceptors (Lipinski definition) is 5. The van der Waals surface area contributed by atoms with Crippen molar-refractivity contribution in [1.82, 2.24) is 15.1 Å². The molecule has 0 radical (unpaired) electrons. The lowest BCUT2D eigenvalue weighted by atomic mass is 9.98. The van der Waals surface area contributed by atoms with E-state index in [0.717, 1.165) is 0 Å². The van der Waals surface area contributed by atoms with Crippen LogP contribution in [0.2, 0.25) is 0 Å². The molecular weight excluding hydrogens is 434 g/mol. The molecule has 1 heterocycles. The Morgan fingerprint density at radius 3 is 2.29 bits per heavy atom. The second-order valence-corrected chi connectivity index (χ2v) is 8.88. The van der Waals surface area contributed by atoms with Crippen LogP contribution in [-0.2, 0) is 14.3 Å². The third-order valence-corrected chi connectivity index (χ3v) is 6.72. The van der Waals surface area contributed by atoms with Gasteiger partial charge in [-0.25, -0.2) is 4.79 Å². The molecule has 0 spiro atoms. The maximum atomic E-state index is 12.4. The highest BCUT2D eigenvalue weighted by Crippen LogP contribution is 2.44. The smallest absolute Gasteiger partial charge is 0.407 e. The van der Waals surface area contributed by atoms with Crippen LogP contribution in [0.25, 0.3) is 11.1 Å². The van der Waals surface area contributed by atoms with Gasteiger partial charge in [-0.15, -0.1) is 0 Å². The van der Waals surface area contributed by atoms with Crippen molar-refractivity contribution >= 4 is 18.0 Å². The molecule has 2 amide bonds. The summed E-state index contributed by atoms with van der Waals surface area (Å²) in [5, 5.41) is 12.0. The summed E-state index contributed by atoms with van der Waals surface area (Å²) < 4.78 is 5.52. The fourth-order valence-electron chi connectivity index (χ4n) is 4.77. The first-order valence-corrected chi connectivity index (χ1v) is 11.8. The first-order chi connectivity index (χ1) is 16.5. The van der Waals surface area contributed by atoms with Gasteiger partial charge in [0.25, 0.3) is 0 Å². The van der Waals surface area contributed by atoms with E-state index in [4.69, 9.17) is 4.74 Å².